The second kappa shape index (κ2) is 18.8. The molecule has 0 aliphatic carbocycles. The fraction of sp³-hybridized carbons (Fsp3) is 0.947. The highest BCUT2D eigenvalue weighted by atomic mass is 35.9. The summed E-state index contributed by atoms with van der Waals surface area (Å²) in [4.78, 5) is 12.2. The molecule has 0 aliphatic heterocycles. The predicted octanol–water partition coefficient (Wildman–Crippen LogP) is 7.95. The lowest BCUT2D eigenvalue weighted by molar-refractivity contribution is -0.111. The Morgan fingerprint density at radius 2 is 1.44 bits per heavy atom. The van der Waals surface area contributed by atoms with Crippen molar-refractivity contribution < 1.29 is 18.6 Å². The first-order chi connectivity index (χ1) is 12.9. The number of carbonyl (C=O) groups is 1. The van der Waals surface area contributed by atoms with E-state index in [2.05, 4.69) is 13.8 Å². The van der Waals surface area contributed by atoms with Crippen molar-refractivity contribution in [2.75, 3.05) is 19.8 Å². The topological polar surface area (TPSA) is 52.6 Å². The van der Waals surface area contributed by atoms with E-state index in [1.807, 2.05) is 0 Å². The molecule has 8 heteroatoms. The average Bonchev–Trinajstić information content (AvgIpc) is 2.60. The Bertz CT molecular complexity index is 407. The summed E-state index contributed by atoms with van der Waals surface area (Å²) in [6.45, 7) is 5.45. The number of ether oxygens (including phenoxy) is 1. The maximum absolute atomic E-state index is 12.2. The molecule has 0 aromatic carbocycles. The van der Waals surface area contributed by atoms with Crippen molar-refractivity contribution in [3.05, 3.63) is 0 Å². The Kier molecular flexibility index (Phi) is 19.3. The van der Waals surface area contributed by atoms with Gasteiger partial charge >= 0.3 is 6.07 Å². The Morgan fingerprint density at radius 1 is 0.889 bits per heavy atom. The molecule has 0 unspecified atom stereocenters. The average molecular weight is 463 g/mol. The highest BCUT2D eigenvalue weighted by Gasteiger charge is 2.21. The van der Waals surface area contributed by atoms with Crippen molar-refractivity contribution >= 4 is 45.4 Å². The number of unbranched alkanes of at least 4 members (excludes halogenated alkanes) is 9. The lowest BCUT2D eigenvalue weighted by Crippen LogP contribution is -2.20. The van der Waals surface area contributed by atoms with Crippen molar-refractivity contribution in [1.82, 2.24) is 0 Å². The molecule has 0 heterocycles. The summed E-state index contributed by atoms with van der Waals surface area (Å²) in [5, 5.41) is -0.124. The van der Waals surface area contributed by atoms with Gasteiger partial charge in [-0.05, 0) is 35.3 Å². The molecule has 4 nitrogen and oxygen atoms in total. The number of hydrogen-bond acceptors (Lipinski definition) is 5. The van der Waals surface area contributed by atoms with Gasteiger partial charge in [0.2, 0.25) is 0 Å². The van der Waals surface area contributed by atoms with E-state index in [4.69, 9.17) is 31.7 Å². The van der Waals surface area contributed by atoms with Gasteiger partial charge in [-0.1, -0.05) is 83.4 Å². The molecule has 0 saturated carbocycles. The summed E-state index contributed by atoms with van der Waals surface area (Å²) in [6.07, 6.45) is 9.71. The quantitative estimate of drug-likeness (QED) is 0.144. The maximum atomic E-state index is 12.2. The van der Waals surface area contributed by atoms with Crippen LogP contribution in [0.4, 0.5) is 0 Å². The SMILES string of the molecule is CCCCCCCCOC[C@@H](COP(=O)(Cl)Cl)SC(=O)CCCCCCC. The first-order valence-corrected chi connectivity index (χ1v) is 14.6. The van der Waals surface area contributed by atoms with Gasteiger partial charge < -0.3 is 9.26 Å². The number of halogens is 2. The van der Waals surface area contributed by atoms with Gasteiger partial charge in [-0.15, -0.1) is 0 Å². The zero-order chi connectivity index (χ0) is 20.4. The lowest BCUT2D eigenvalue weighted by atomic mass is 10.1. The molecule has 0 N–H and O–H groups in total. The first kappa shape index (κ1) is 27.8. The molecule has 0 saturated heterocycles. The number of hydrogen-bond donors (Lipinski definition) is 0. The summed E-state index contributed by atoms with van der Waals surface area (Å²) in [6, 6.07) is 0. The van der Waals surface area contributed by atoms with Crippen molar-refractivity contribution in [3.8, 4) is 0 Å². The summed E-state index contributed by atoms with van der Waals surface area (Å²) in [7, 11) is 0. The smallest absolute Gasteiger partial charge is 0.380 e. The maximum Gasteiger partial charge on any atom is 0.380 e. The van der Waals surface area contributed by atoms with E-state index >= 15 is 0 Å². The van der Waals surface area contributed by atoms with Gasteiger partial charge in [0.1, 0.15) is 0 Å². The van der Waals surface area contributed by atoms with E-state index < -0.39 is 6.07 Å². The van der Waals surface area contributed by atoms with E-state index in [1.165, 1.54) is 56.7 Å². The highest BCUT2D eigenvalue weighted by Crippen LogP contribution is 2.57. The molecule has 0 fully saturated rings. The second-order valence-electron chi connectivity index (χ2n) is 6.83. The zero-order valence-electron chi connectivity index (χ0n) is 16.9. The molecule has 0 aromatic rings. The minimum absolute atomic E-state index is 0.0486. The third-order valence-electron chi connectivity index (χ3n) is 4.14. The van der Waals surface area contributed by atoms with Crippen LogP contribution in [0.5, 0.6) is 0 Å². The van der Waals surface area contributed by atoms with Gasteiger partial charge in [0.15, 0.2) is 5.12 Å². The van der Waals surface area contributed by atoms with Crippen LogP contribution in [0, 0.1) is 0 Å². The largest absolute Gasteiger partial charge is 0.380 e. The van der Waals surface area contributed by atoms with Crippen LogP contribution in [0.2, 0.25) is 0 Å². The normalized spacial score (nSPS) is 13.0. The fourth-order valence-corrected chi connectivity index (χ4v) is 4.33. The Labute approximate surface area is 179 Å². The molecule has 162 valence electrons. The van der Waals surface area contributed by atoms with Crippen LogP contribution < -0.4 is 0 Å². The van der Waals surface area contributed by atoms with Crippen molar-refractivity contribution in [3.63, 3.8) is 0 Å². The van der Waals surface area contributed by atoms with Gasteiger partial charge in [0, 0.05) is 13.0 Å². The van der Waals surface area contributed by atoms with Gasteiger partial charge in [0.25, 0.3) is 0 Å². The number of rotatable bonds is 19. The summed E-state index contributed by atoms with van der Waals surface area (Å²) < 4.78 is 22.1. The molecule has 0 spiro atoms. The third-order valence-corrected chi connectivity index (χ3v) is 6.25. The molecule has 0 aliphatic rings. The van der Waals surface area contributed by atoms with Crippen LogP contribution in [0.15, 0.2) is 0 Å². The van der Waals surface area contributed by atoms with Gasteiger partial charge in [0.05, 0.1) is 18.5 Å². The summed E-state index contributed by atoms with van der Waals surface area (Å²) in [5.41, 5.74) is 0. The van der Waals surface area contributed by atoms with E-state index in [0.29, 0.717) is 19.6 Å². The molecule has 0 aromatic heterocycles. The monoisotopic (exact) mass is 462 g/mol. The van der Waals surface area contributed by atoms with Gasteiger partial charge in [-0.2, -0.15) is 0 Å². The van der Waals surface area contributed by atoms with Crippen molar-refractivity contribution in [2.24, 2.45) is 0 Å². The van der Waals surface area contributed by atoms with Crippen LogP contribution in [-0.4, -0.2) is 30.2 Å². The van der Waals surface area contributed by atoms with Crippen LogP contribution in [-0.2, 0) is 18.6 Å². The number of thioether (sulfide) groups is 1. The predicted molar refractivity (Wildman–Crippen MR) is 119 cm³/mol. The Balaban J connectivity index is 4.05. The van der Waals surface area contributed by atoms with Crippen LogP contribution >= 0.6 is 40.3 Å². The standard InChI is InChI=1S/C19H37Cl2O4PS/c1-3-5-7-9-11-13-15-24-16-18(17-25-26(20,21)23)27-19(22)14-12-10-8-6-4-2/h18H,3-17H2,1-2H3/t18-/m0/s1. The van der Waals surface area contributed by atoms with Crippen LogP contribution in [0.3, 0.4) is 0 Å². The van der Waals surface area contributed by atoms with Gasteiger partial charge in [-0.3, -0.25) is 9.36 Å². The van der Waals surface area contributed by atoms with E-state index in [0.717, 1.165) is 25.7 Å². The van der Waals surface area contributed by atoms with Crippen LogP contribution in [0.25, 0.3) is 0 Å². The molecule has 1 atom stereocenters. The van der Waals surface area contributed by atoms with Gasteiger partial charge in [-0.25, -0.2) is 0 Å². The summed E-state index contributed by atoms with van der Waals surface area (Å²) in [5.74, 6) is 0. The van der Waals surface area contributed by atoms with Crippen LogP contribution in [0.1, 0.15) is 90.9 Å². The molecule has 0 amide bonds. The molecule has 0 bridgehead atoms. The lowest BCUT2D eigenvalue weighted by Gasteiger charge is -2.16. The van der Waals surface area contributed by atoms with E-state index in [-0.39, 0.29) is 17.0 Å². The molecule has 0 radical (unpaired) electrons. The zero-order valence-corrected chi connectivity index (χ0v) is 20.2. The summed E-state index contributed by atoms with van der Waals surface area (Å²) >= 11 is 12.1. The highest BCUT2D eigenvalue weighted by molar-refractivity contribution is 8.14. The number of carbonyl (C=O) groups excluding carboxylic acids is 1. The third kappa shape index (κ3) is 21.3. The minimum Gasteiger partial charge on any atom is -0.380 e. The molecule has 0 rings (SSSR count). The molecule has 27 heavy (non-hydrogen) atoms. The fourth-order valence-electron chi connectivity index (χ4n) is 2.60. The molecular formula is C19H37Cl2O4PS. The second-order valence-corrected chi connectivity index (χ2v) is 12.5. The Morgan fingerprint density at radius 3 is 2.04 bits per heavy atom. The minimum atomic E-state index is -3.59. The molecular weight excluding hydrogens is 426 g/mol. The first-order valence-electron chi connectivity index (χ1n) is 10.3. The van der Waals surface area contributed by atoms with E-state index in [9.17, 15) is 9.36 Å². The van der Waals surface area contributed by atoms with Crippen molar-refractivity contribution in [1.29, 1.82) is 0 Å². The van der Waals surface area contributed by atoms with Crippen molar-refractivity contribution in [2.45, 2.75) is 96.1 Å². The Hall–Kier alpha value is 0.750. The van der Waals surface area contributed by atoms with E-state index in [1.54, 1.807) is 0 Å².